The molecule has 2 N–H and O–H groups in total. The second-order valence-electron chi connectivity index (χ2n) is 10.2. The van der Waals surface area contributed by atoms with E-state index in [1.165, 1.54) is 28.4 Å². The van der Waals surface area contributed by atoms with Crippen LogP contribution >= 0.6 is 0 Å². The van der Waals surface area contributed by atoms with Gasteiger partial charge in [-0.05, 0) is 71.8 Å². The summed E-state index contributed by atoms with van der Waals surface area (Å²) in [5.41, 5.74) is 3.03. The number of carbonyl (C=O) groups excluding carboxylic acids is 2. The van der Waals surface area contributed by atoms with Crippen LogP contribution in [0.3, 0.4) is 0 Å². The summed E-state index contributed by atoms with van der Waals surface area (Å²) in [7, 11) is 6.01. The van der Waals surface area contributed by atoms with Gasteiger partial charge in [0.2, 0.25) is 0 Å². The average Bonchev–Trinajstić information content (AvgIpc) is 2.95. The minimum atomic E-state index is -0.140. The van der Waals surface area contributed by atoms with Gasteiger partial charge in [0.05, 0.1) is 61.5 Å². The Morgan fingerprint density at radius 2 is 0.950 bits per heavy atom. The van der Waals surface area contributed by atoms with Gasteiger partial charge in [0.25, 0.3) is 0 Å². The van der Waals surface area contributed by atoms with E-state index in [1.807, 2.05) is 12.1 Å². The SMILES string of the molecule is COc1cc2cc3c(c(O)c2c(OC)c1-c1c(OC)cc2cc4c(c(O)c2c1OC)C(=O)CCC4)C(=O)CCC3. The number of methoxy groups -OCH3 is 4. The van der Waals surface area contributed by atoms with Crippen molar-refractivity contribution in [2.45, 2.75) is 38.5 Å². The van der Waals surface area contributed by atoms with Crippen molar-refractivity contribution in [2.75, 3.05) is 28.4 Å². The highest BCUT2D eigenvalue weighted by Crippen LogP contribution is 2.56. The number of aryl methyl sites for hydroxylation is 2. The summed E-state index contributed by atoms with van der Waals surface area (Å²) in [4.78, 5) is 25.7. The van der Waals surface area contributed by atoms with Crippen molar-refractivity contribution < 1.29 is 38.7 Å². The Morgan fingerprint density at radius 1 is 0.550 bits per heavy atom. The zero-order chi connectivity index (χ0) is 28.3. The van der Waals surface area contributed by atoms with Gasteiger partial charge in [-0.25, -0.2) is 0 Å². The number of rotatable bonds is 5. The first-order valence-electron chi connectivity index (χ1n) is 13.3. The number of phenolic OH excluding ortho intramolecular Hbond substituents is 2. The van der Waals surface area contributed by atoms with Crippen LogP contribution in [0.25, 0.3) is 32.7 Å². The largest absolute Gasteiger partial charge is 0.506 e. The number of benzene rings is 4. The minimum absolute atomic E-state index is 0.111. The first-order valence-corrected chi connectivity index (χ1v) is 13.3. The van der Waals surface area contributed by atoms with E-state index in [9.17, 15) is 19.8 Å². The van der Waals surface area contributed by atoms with Gasteiger partial charge in [0.15, 0.2) is 11.6 Å². The highest BCUT2D eigenvalue weighted by Gasteiger charge is 2.32. The molecule has 0 saturated heterocycles. The lowest BCUT2D eigenvalue weighted by Gasteiger charge is -2.25. The topological polar surface area (TPSA) is 112 Å². The molecule has 0 fully saturated rings. The van der Waals surface area contributed by atoms with Crippen LogP contribution in [0.5, 0.6) is 34.5 Å². The molecule has 4 aromatic rings. The zero-order valence-electron chi connectivity index (χ0n) is 22.9. The second-order valence-corrected chi connectivity index (χ2v) is 10.2. The summed E-state index contributed by atoms with van der Waals surface area (Å²) >= 11 is 0. The number of aromatic hydroxyl groups is 2. The van der Waals surface area contributed by atoms with Crippen LogP contribution in [-0.4, -0.2) is 50.2 Å². The Morgan fingerprint density at radius 3 is 1.30 bits per heavy atom. The molecular formula is C32H30O8. The number of fused-ring (bicyclic) bond motifs is 4. The van der Waals surface area contributed by atoms with E-state index in [2.05, 4.69) is 0 Å². The van der Waals surface area contributed by atoms with E-state index in [0.717, 1.165) is 24.0 Å². The summed E-state index contributed by atoms with van der Waals surface area (Å²) in [6.45, 7) is 0. The number of Topliss-reactive ketones (excluding diaryl/α,β-unsaturated/α-hetero) is 2. The molecule has 0 heterocycles. The Kier molecular flexibility index (Phi) is 6.21. The van der Waals surface area contributed by atoms with Crippen molar-refractivity contribution in [1.29, 1.82) is 0 Å². The molecule has 0 radical (unpaired) electrons. The Labute approximate surface area is 231 Å². The Balaban J connectivity index is 1.77. The summed E-state index contributed by atoms with van der Waals surface area (Å²) in [5, 5.41) is 25.0. The summed E-state index contributed by atoms with van der Waals surface area (Å²) in [5.74, 6) is 0.847. The minimum Gasteiger partial charge on any atom is -0.506 e. The maximum atomic E-state index is 12.8. The van der Waals surface area contributed by atoms with Crippen LogP contribution in [0.2, 0.25) is 0 Å². The van der Waals surface area contributed by atoms with E-state index in [1.54, 1.807) is 12.1 Å². The maximum Gasteiger partial charge on any atom is 0.166 e. The smallest absolute Gasteiger partial charge is 0.166 e. The Bertz CT molecular complexity index is 1620. The molecule has 0 aromatic heterocycles. The van der Waals surface area contributed by atoms with Crippen LogP contribution in [0.15, 0.2) is 24.3 Å². The molecule has 0 aliphatic heterocycles. The van der Waals surface area contributed by atoms with Crippen molar-refractivity contribution in [3.8, 4) is 45.6 Å². The maximum absolute atomic E-state index is 12.8. The van der Waals surface area contributed by atoms with Crippen molar-refractivity contribution in [3.05, 3.63) is 46.5 Å². The fourth-order valence-electron chi connectivity index (χ4n) is 6.45. The fraction of sp³-hybridized carbons (Fsp3) is 0.312. The van der Waals surface area contributed by atoms with Gasteiger partial charge in [-0.2, -0.15) is 0 Å². The third-order valence-corrected chi connectivity index (χ3v) is 8.16. The fourth-order valence-corrected chi connectivity index (χ4v) is 6.45. The highest BCUT2D eigenvalue weighted by atomic mass is 16.5. The monoisotopic (exact) mass is 542 g/mol. The van der Waals surface area contributed by atoms with Crippen molar-refractivity contribution >= 4 is 33.1 Å². The number of hydrogen-bond acceptors (Lipinski definition) is 8. The number of hydrogen-bond donors (Lipinski definition) is 2. The lowest BCUT2D eigenvalue weighted by atomic mass is 9.84. The number of ketones is 2. The summed E-state index contributed by atoms with van der Waals surface area (Å²) < 4.78 is 23.6. The lowest BCUT2D eigenvalue weighted by molar-refractivity contribution is 0.0961. The molecule has 0 amide bonds. The molecule has 40 heavy (non-hydrogen) atoms. The van der Waals surface area contributed by atoms with Gasteiger partial charge < -0.3 is 29.2 Å². The second kappa shape index (κ2) is 9.62. The number of ether oxygens (including phenoxy) is 4. The van der Waals surface area contributed by atoms with Crippen LogP contribution in [0.4, 0.5) is 0 Å². The molecule has 0 atom stereocenters. The van der Waals surface area contributed by atoms with E-state index in [4.69, 9.17) is 18.9 Å². The summed E-state index contributed by atoms with van der Waals surface area (Å²) in [6, 6.07) is 7.36. The standard InChI is InChI=1S/C32H30O8/c1-37-21-13-17-11-15-7-5-9-19(33)23(15)29(35)25(17)31(39-3)27(21)28-22(38-2)14-18-12-16-8-6-10-20(34)24(16)30(36)26(18)32(28)40-4/h11-14,35-36H,5-10H2,1-4H3. The van der Waals surface area contributed by atoms with Crippen LogP contribution in [0, 0.1) is 0 Å². The van der Waals surface area contributed by atoms with E-state index in [0.29, 0.717) is 81.0 Å². The van der Waals surface area contributed by atoms with Gasteiger partial charge in [0.1, 0.15) is 34.5 Å². The van der Waals surface area contributed by atoms with Crippen LogP contribution in [0.1, 0.15) is 57.5 Å². The third-order valence-electron chi connectivity index (χ3n) is 8.16. The number of phenols is 2. The first-order chi connectivity index (χ1) is 19.3. The normalized spacial score (nSPS) is 14.7. The quantitative estimate of drug-likeness (QED) is 0.309. The molecule has 0 spiro atoms. The molecule has 2 aliphatic rings. The highest BCUT2D eigenvalue weighted by molar-refractivity contribution is 6.14. The van der Waals surface area contributed by atoms with Gasteiger partial charge in [-0.1, -0.05) is 0 Å². The molecule has 6 rings (SSSR count). The van der Waals surface area contributed by atoms with Gasteiger partial charge in [-0.3, -0.25) is 9.59 Å². The predicted octanol–water partition coefficient (Wildman–Crippen LogP) is 6.14. The average molecular weight is 543 g/mol. The number of carbonyl (C=O) groups is 2. The molecule has 0 saturated carbocycles. The van der Waals surface area contributed by atoms with Gasteiger partial charge >= 0.3 is 0 Å². The van der Waals surface area contributed by atoms with Crippen LogP contribution < -0.4 is 18.9 Å². The first kappa shape index (κ1) is 25.8. The molecule has 2 aliphatic carbocycles. The van der Waals surface area contributed by atoms with Crippen molar-refractivity contribution in [1.82, 2.24) is 0 Å². The molecule has 206 valence electrons. The molecule has 8 nitrogen and oxygen atoms in total. The van der Waals surface area contributed by atoms with E-state index >= 15 is 0 Å². The van der Waals surface area contributed by atoms with Crippen LogP contribution in [-0.2, 0) is 12.8 Å². The molecule has 4 aromatic carbocycles. The molecular weight excluding hydrogens is 512 g/mol. The molecule has 0 bridgehead atoms. The molecule has 0 unspecified atom stereocenters. The lowest BCUT2D eigenvalue weighted by Crippen LogP contribution is -2.12. The van der Waals surface area contributed by atoms with E-state index in [-0.39, 0.29) is 34.6 Å². The van der Waals surface area contributed by atoms with Gasteiger partial charge in [-0.15, -0.1) is 0 Å². The van der Waals surface area contributed by atoms with Crippen molar-refractivity contribution in [2.24, 2.45) is 0 Å². The predicted molar refractivity (Wildman–Crippen MR) is 151 cm³/mol. The van der Waals surface area contributed by atoms with Gasteiger partial charge in [0, 0.05) is 12.8 Å². The molecule has 8 heteroatoms. The zero-order valence-corrected chi connectivity index (χ0v) is 22.9. The third kappa shape index (κ3) is 3.58. The summed E-state index contributed by atoms with van der Waals surface area (Å²) in [6.07, 6.45) is 3.56. The van der Waals surface area contributed by atoms with E-state index < -0.39 is 0 Å². The van der Waals surface area contributed by atoms with Crippen molar-refractivity contribution in [3.63, 3.8) is 0 Å². The Hall–Kier alpha value is -4.46.